The molecule has 5 nitrogen and oxygen atoms in total. The van der Waals surface area contributed by atoms with E-state index in [2.05, 4.69) is 51.6 Å². The molecule has 1 aliphatic rings. The van der Waals surface area contributed by atoms with Crippen molar-refractivity contribution in [1.29, 1.82) is 0 Å². The Kier molecular flexibility index (Phi) is 3.71. The van der Waals surface area contributed by atoms with Crippen LogP contribution in [-0.4, -0.2) is 27.9 Å². The third-order valence-electron chi connectivity index (χ3n) is 3.55. The molecule has 0 atom stereocenters. The van der Waals surface area contributed by atoms with E-state index in [0.717, 1.165) is 29.3 Å². The van der Waals surface area contributed by atoms with Gasteiger partial charge in [0, 0.05) is 17.7 Å². The summed E-state index contributed by atoms with van der Waals surface area (Å²) in [6, 6.07) is 0. The SMILES string of the molecule is CCn1nc(C(C)C)c2c1C(N)=NCC(C(C)(C)C)=N2. The van der Waals surface area contributed by atoms with Crippen molar-refractivity contribution in [1.82, 2.24) is 9.78 Å². The number of amidine groups is 1. The fourth-order valence-corrected chi connectivity index (χ4v) is 2.26. The lowest BCUT2D eigenvalue weighted by atomic mass is 9.90. The van der Waals surface area contributed by atoms with Gasteiger partial charge in [0.25, 0.3) is 0 Å². The van der Waals surface area contributed by atoms with Crippen molar-refractivity contribution in [3.8, 4) is 0 Å². The second-order valence-electron chi connectivity index (χ2n) is 6.56. The number of nitrogens with two attached hydrogens (primary N) is 1. The van der Waals surface area contributed by atoms with Crippen LogP contribution in [0, 0.1) is 5.41 Å². The summed E-state index contributed by atoms with van der Waals surface area (Å²) in [5.74, 6) is 0.858. The molecule has 5 heteroatoms. The standard InChI is InChI=1S/C15H25N5/c1-7-20-13-12(11(19-20)9(2)3)18-10(15(4,5)6)8-17-14(13)16/h9H,7-8H2,1-6H3,(H2,16,17). The third kappa shape index (κ3) is 2.49. The van der Waals surface area contributed by atoms with Crippen molar-refractivity contribution < 1.29 is 0 Å². The molecule has 0 aliphatic carbocycles. The Bertz CT molecular complexity index is 570. The van der Waals surface area contributed by atoms with E-state index in [0.29, 0.717) is 18.3 Å². The first kappa shape index (κ1) is 14.8. The molecular weight excluding hydrogens is 250 g/mol. The largest absolute Gasteiger partial charge is 0.382 e. The molecule has 1 aliphatic heterocycles. The summed E-state index contributed by atoms with van der Waals surface area (Å²) in [6.07, 6.45) is 0. The third-order valence-corrected chi connectivity index (χ3v) is 3.55. The lowest BCUT2D eigenvalue weighted by Crippen LogP contribution is -2.24. The predicted molar refractivity (Wildman–Crippen MR) is 84.1 cm³/mol. The minimum absolute atomic E-state index is 0.0199. The molecule has 2 N–H and O–H groups in total. The Morgan fingerprint density at radius 1 is 1.30 bits per heavy atom. The zero-order chi connectivity index (χ0) is 15.1. The Morgan fingerprint density at radius 2 is 1.95 bits per heavy atom. The molecule has 1 aromatic heterocycles. The first-order valence-corrected chi connectivity index (χ1v) is 7.24. The zero-order valence-corrected chi connectivity index (χ0v) is 13.4. The maximum absolute atomic E-state index is 6.16. The topological polar surface area (TPSA) is 68.6 Å². The van der Waals surface area contributed by atoms with Crippen LogP contribution in [0.25, 0.3) is 0 Å². The van der Waals surface area contributed by atoms with Crippen molar-refractivity contribution in [3.05, 3.63) is 11.4 Å². The fraction of sp³-hybridized carbons (Fsp3) is 0.667. The summed E-state index contributed by atoms with van der Waals surface area (Å²) < 4.78 is 1.92. The van der Waals surface area contributed by atoms with Crippen molar-refractivity contribution in [2.24, 2.45) is 21.1 Å². The molecule has 0 fully saturated rings. The molecule has 0 saturated carbocycles. The van der Waals surface area contributed by atoms with Crippen molar-refractivity contribution in [2.75, 3.05) is 6.54 Å². The highest BCUT2D eigenvalue weighted by atomic mass is 15.3. The van der Waals surface area contributed by atoms with Gasteiger partial charge in [0.1, 0.15) is 17.2 Å². The lowest BCUT2D eigenvalue weighted by molar-refractivity contribution is 0.583. The Balaban J connectivity index is 2.71. The van der Waals surface area contributed by atoms with Crippen molar-refractivity contribution >= 4 is 17.2 Å². The van der Waals surface area contributed by atoms with Gasteiger partial charge in [0.2, 0.25) is 0 Å². The first-order chi connectivity index (χ1) is 9.25. The van der Waals surface area contributed by atoms with E-state index in [1.54, 1.807) is 0 Å². The maximum Gasteiger partial charge on any atom is 0.146 e. The van der Waals surface area contributed by atoms with Gasteiger partial charge in [-0.25, -0.2) is 0 Å². The molecule has 2 heterocycles. The van der Waals surface area contributed by atoms with E-state index in [1.165, 1.54) is 0 Å². The van der Waals surface area contributed by atoms with Crippen molar-refractivity contribution in [2.45, 2.75) is 54.0 Å². The molecule has 110 valence electrons. The molecule has 0 amide bonds. The second kappa shape index (κ2) is 5.04. The van der Waals surface area contributed by atoms with E-state index in [1.807, 2.05) is 4.68 Å². The zero-order valence-electron chi connectivity index (χ0n) is 13.4. The highest BCUT2D eigenvalue weighted by Gasteiger charge is 2.27. The van der Waals surface area contributed by atoms with Gasteiger partial charge in [0.05, 0.1) is 12.2 Å². The van der Waals surface area contributed by atoms with Crippen LogP contribution in [0.2, 0.25) is 0 Å². The Labute approximate surface area is 121 Å². The molecule has 2 rings (SSSR count). The first-order valence-electron chi connectivity index (χ1n) is 7.24. The lowest BCUT2D eigenvalue weighted by Gasteiger charge is -2.19. The summed E-state index contributed by atoms with van der Waals surface area (Å²) in [7, 11) is 0. The van der Waals surface area contributed by atoms with Crippen LogP contribution in [0.4, 0.5) is 5.69 Å². The van der Waals surface area contributed by atoms with Crippen LogP contribution in [0.1, 0.15) is 58.8 Å². The van der Waals surface area contributed by atoms with Gasteiger partial charge in [-0.15, -0.1) is 0 Å². The van der Waals surface area contributed by atoms with Gasteiger partial charge in [-0.1, -0.05) is 34.6 Å². The second-order valence-corrected chi connectivity index (χ2v) is 6.56. The smallest absolute Gasteiger partial charge is 0.146 e. The molecule has 0 radical (unpaired) electrons. The normalized spacial score (nSPS) is 15.8. The van der Waals surface area contributed by atoms with Gasteiger partial charge in [-0.2, -0.15) is 5.10 Å². The molecule has 0 saturated heterocycles. The number of rotatable bonds is 2. The number of aryl methyl sites for hydroxylation is 1. The van der Waals surface area contributed by atoms with Gasteiger partial charge in [-0.05, 0) is 12.8 Å². The average molecular weight is 275 g/mol. The summed E-state index contributed by atoms with van der Waals surface area (Å²) in [5.41, 5.74) is 9.97. The van der Waals surface area contributed by atoms with Gasteiger partial charge in [-0.3, -0.25) is 14.7 Å². The minimum atomic E-state index is -0.0199. The van der Waals surface area contributed by atoms with Crippen LogP contribution in [0.3, 0.4) is 0 Å². The number of fused-ring (bicyclic) bond motifs is 1. The maximum atomic E-state index is 6.16. The highest BCUT2D eigenvalue weighted by Crippen LogP contribution is 2.33. The quantitative estimate of drug-likeness (QED) is 0.901. The predicted octanol–water partition coefficient (Wildman–Crippen LogP) is 2.86. The average Bonchev–Trinajstić information content (AvgIpc) is 2.62. The van der Waals surface area contributed by atoms with E-state index in [9.17, 15) is 0 Å². The number of aliphatic imine (C=N–C) groups is 2. The number of hydrogen-bond donors (Lipinski definition) is 1. The summed E-state index contributed by atoms with van der Waals surface area (Å²) in [6.45, 7) is 14.1. The van der Waals surface area contributed by atoms with E-state index < -0.39 is 0 Å². The summed E-state index contributed by atoms with van der Waals surface area (Å²) in [4.78, 5) is 9.39. The van der Waals surface area contributed by atoms with Crippen LogP contribution >= 0.6 is 0 Å². The molecular formula is C15H25N5. The molecule has 20 heavy (non-hydrogen) atoms. The fourth-order valence-electron chi connectivity index (χ4n) is 2.26. The highest BCUT2D eigenvalue weighted by molar-refractivity contribution is 6.06. The van der Waals surface area contributed by atoms with E-state index >= 15 is 0 Å². The van der Waals surface area contributed by atoms with Crippen LogP contribution in [0.15, 0.2) is 9.98 Å². The van der Waals surface area contributed by atoms with Crippen LogP contribution in [0.5, 0.6) is 0 Å². The summed E-state index contributed by atoms with van der Waals surface area (Å²) in [5, 5.41) is 4.67. The van der Waals surface area contributed by atoms with Crippen LogP contribution in [-0.2, 0) is 6.54 Å². The van der Waals surface area contributed by atoms with Crippen LogP contribution < -0.4 is 5.73 Å². The van der Waals surface area contributed by atoms with Gasteiger partial charge in [0.15, 0.2) is 0 Å². The molecule has 0 bridgehead atoms. The van der Waals surface area contributed by atoms with Crippen molar-refractivity contribution in [3.63, 3.8) is 0 Å². The van der Waals surface area contributed by atoms with E-state index in [-0.39, 0.29) is 5.41 Å². The van der Waals surface area contributed by atoms with Gasteiger partial charge >= 0.3 is 0 Å². The van der Waals surface area contributed by atoms with E-state index in [4.69, 9.17) is 10.7 Å². The number of hydrogen-bond acceptors (Lipinski definition) is 4. The monoisotopic (exact) mass is 275 g/mol. The molecule has 0 spiro atoms. The summed E-state index contributed by atoms with van der Waals surface area (Å²) >= 11 is 0. The Hall–Kier alpha value is -1.65. The number of nitrogens with zero attached hydrogens (tertiary/aromatic N) is 4. The number of aromatic nitrogens is 2. The minimum Gasteiger partial charge on any atom is -0.382 e. The Morgan fingerprint density at radius 3 is 2.45 bits per heavy atom. The molecule has 0 unspecified atom stereocenters. The molecule has 0 aromatic carbocycles. The van der Waals surface area contributed by atoms with Gasteiger partial charge < -0.3 is 5.73 Å². The molecule has 1 aromatic rings.